The fourth-order valence-electron chi connectivity index (χ4n) is 2.03. The van der Waals surface area contributed by atoms with E-state index >= 15 is 0 Å². The van der Waals surface area contributed by atoms with Gasteiger partial charge in [0.25, 0.3) is 10.0 Å². The monoisotopic (exact) mass is 349 g/mol. The number of hydrogen-bond donors (Lipinski definition) is 1. The first-order chi connectivity index (χ1) is 11.4. The number of carbonyl (C=O) groups is 1. The van der Waals surface area contributed by atoms with Crippen molar-refractivity contribution in [1.29, 1.82) is 0 Å². The van der Waals surface area contributed by atoms with Crippen LogP contribution in [0.5, 0.6) is 5.75 Å². The maximum Gasteiger partial charge on any atom is 0.338 e. The highest BCUT2D eigenvalue weighted by Gasteiger charge is 2.17. The van der Waals surface area contributed by atoms with Gasteiger partial charge in [0, 0.05) is 0 Å². The number of rotatable bonds is 6. The minimum absolute atomic E-state index is 0.101. The van der Waals surface area contributed by atoms with Crippen molar-refractivity contribution in [2.45, 2.75) is 18.7 Å². The molecule has 0 saturated heterocycles. The lowest BCUT2D eigenvalue weighted by Crippen LogP contribution is -2.14. The van der Waals surface area contributed by atoms with Crippen LogP contribution in [-0.2, 0) is 14.8 Å². The van der Waals surface area contributed by atoms with Crippen LogP contribution >= 0.6 is 0 Å². The van der Waals surface area contributed by atoms with E-state index in [1.807, 2.05) is 0 Å². The average Bonchev–Trinajstić information content (AvgIpc) is 2.57. The Kier molecular flexibility index (Phi) is 5.46. The van der Waals surface area contributed by atoms with Crippen molar-refractivity contribution >= 4 is 21.7 Å². The van der Waals surface area contributed by atoms with Crippen LogP contribution in [0, 0.1) is 6.92 Å². The number of carbonyl (C=O) groups excluding carboxylic acids is 1. The van der Waals surface area contributed by atoms with Gasteiger partial charge in [0.05, 0.1) is 29.9 Å². The third kappa shape index (κ3) is 4.05. The minimum Gasteiger partial charge on any atom is -0.497 e. The lowest BCUT2D eigenvalue weighted by atomic mass is 10.1. The number of hydrogen-bond acceptors (Lipinski definition) is 5. The Labute approximate surface area is 141 Å². The molecule has 0 saturated carbocycles. The molecule has 0 amide bonds. The van der Waals surface area contributed by atoms with Gasteiger partial charge in [0.15, 0.2) is 0 Å². The smallest absolute Gasteiger partial charge is 0.338 e. The number of ether oxygens (including phenoxy) is 2. The Morgan fingerprint density at radius 2 is 1.79 bits per heavy atom. The molecule has 0 atom stereocenters. The van der Waals surface area contributed by atoms with Crippen LogP contribution in [0.15, 0.2) is 47.4 Å². The molecule has 0 heterocycles. The van der Waals surface area contributed by atoms with Crippen LogP contribution < -0.4 is 9.46 Å². The van der Waals surface area contributed by atoms with Crippen LogP contribution in [0.1, 0.15) is 22.8 Å². The summed E-state index contributed by atoms with van der Waals surface area (Å²) < 4.78 is 37.4. The minimum atomic E-state index is -3.77. The number of sulfonamides is 1. The third-order valence-electron chi connectivity index (χ3n) is 3.36. The van der Waals surface area contributed by atoms with Crippen LogP contribution in [0.3, 0.4) is 0 Å². The van der Waals surface area contributed by atoms with E-state index in [0.29, 0.717) is 17.0 Å². The number of benzene rings is 2. The van der Waals surface area contributed by atoms with Crippen molar-refractivity contribution < 1.29 is 22.7 Å². The zero-order valence-corrected chi connectivity index (χ0v) is 14.5. The van der Waals surface area contributed by atoms with Crippen LogP contribution in [0.4, 0.5) is 5.69 Å². The fourth-order valence-corrected chi connectivity index (χ4v) is 3.15. The lowest BCUT2D eigenvalue weighted by Gasteiger charge is -2.12. The summed E-state index contributed by atoms with van der Waals surface area (Å²) in [5.41, 5.74) is 1.31. The first-order valence-electron chi connectivity index (χ1n) is 7.32. The SMILES string of the molecule is CCOC(=O)c1ccc(C)c(NS(=O)(=O)c2ccc(OC)cc2)c1. The van der Waals surface area contributed by atoms with Gasteiger partial charge < -0.3 is 9.47 Å². The molecule has 0 aliphatic carbocycles. The molecule has 0 fully saturated rings. The quantitative estimate of drug-likeness (QED) is 0.811. The van der Waals surface area contributed by atoms with E-state index in [4.69, 9.17) is 9.47 Å². The van der Waals surface area contributed by atoms with Gasteiger partial charge in [0.2, 0.25) is 0 Å². The Bertz CT molecular complexity index is 829. The van der Waals surface area contributed by atoms with E-state index in [2.05, 4.69) is 4.72 Å². The summed E-state index contributed by atoms with van der Waals surface area (Å²) in [6.45, 7) is 3.71. The van der Waals surface area contributed by atoms with Gasteiger partial charge in [-0.05, 0) is 55.8 Å². The second-order valence-corrected chi connectivity index (χ2v) is 6.71. The molecule has 0 aromatic heterocycles. The first kappa shape index (κ1) is 17.8. The molecule has 0 aliphatic heterocycles. The second kappa shape index (κ2) is 7.35. The molecule has 1 N–H and O–H groups in total. The summed E-state index contributed by atoms with van der Waals surface area (Å²) in [6.07, 6.45) is 0. The molecular formula is C17H19NO5S. The normalized spacial score (nSPS) is 11.0. The highest BCUT2D eigenvalue weighted by Crippen LogP contribution is 2.23. The Hall–Kier alpha value is -2.54. The van der Waals surface area contributed by atoms with E-state index in [1.165, 1.54) is 25.3 Å². The standard InChI is InChI=1S/C17H19NO5S/c1-4-23-17(19)13-6-5-12(2)16(11-13)18-24(20,21)15-9-7-14(22-3)8-10-15/h5-11,18H,4H2,1-3H3. The molecule has 0 aliphatic rings. The van der Waals surface area contributed by atoms with Gasteiger partial charge in [0.1, 0.15) is 5.75 Å². The highest BCUT2D eigenvalue weighted by molar-refractivity contribution is 7.92. The van der Waals surface area contributed by atoms with Crippen molar-refractivity contribution in [3.05, 3.63) is 53.6 Å². The van der Waals surface area contributed by atoms with Gasteiger partial charge in [-0.25, -0.2) is 13.2 Å². The zero-order valence-electron chi connectivity index (χ0n) is 13.7. The third-order valence-corrected chi connectivity index (χ3v) is 4.74. The first-order valence-corrected chi connectivity index (χ1v) is 8.80. The predicted octanol–water partition coefficient (Wildman–Crippen LogP) is 2.98. The molecule has 2 rings (SSSR count). The summed E-state index contributed by atoms with van der Waals surface area (Å²) in [4.78, 5) is 11.9. The van der Waals surface area contributed by atoms with Crippen molar-refractivity contribution in [2.24, 2.45) is 0 Å². The van der Waals surface area contributed by atoms with Gasteiger partial charge in [-0.3, -0.25) is 4.72 Å². The molecule has 24 heavy (non-hydrogen) atoms. The van der Waals surface area contributed by atoms with Crippen LogP contribution in [0.2, 0.25) is 0 Å². The number of methoxy groups -OCH3 is 1. The maximum atomic E-state index is 12.5. The number of aryl methyl sites for hydroxylation is 1. The maximum absolute atomic E-state index is 12.5. The summed E-state index contributed by atoms with van der Waals surface area (Å²) in [5.74, 6) is 0.0665. The molecular weight excluding hydrogens is 330 g/mol. The van der Waals surface area contributed by atoms with Crippen molar-refractivity contribution in [1.82, 2.24) is 0 Å². The molecule has 7 heteroatoms. The summed E-state index contributed by atoms with van der Waals surface area (Å²) in [6, 6.07) is 10.8. The van der Waals surface area contributed by atoms with E-state index < -0.39 is 16.0 Å². The summed E-state index contributed by atoms with van der Waals surface area (Å²) in [5, 5.41) is 0. The topological polar surface area (TPSA) is 81.7 Å². The van der Waals surface area contributed by atoms with Gasteiger partial charge >= 0.3 is 5.97 Å². The Morgan fingerprint density at radius 1 is 1.12 bits per heavy atom. The molecule has 128 valence electrons. The molecule has 0 bridgehead atoms. The molecule has 2 aromatic rings. The van der Waals surface area contributed by atoms with E-state index in [0.717, 1.165) is 0 Å². The van der Waals surface area contributed by atoms with Gasteiger partial charge in [-0.1, -0.05) is 6.07 Å². The van der Waals surface area contributed by atoms with Gasteiger partial charge in [-0.15, -0.1) is 0 Å². The number of nitrogens with one attached hydrogen (secondary N) is 1. The molecule has 0 unspecified atom stereocenters. The Morgan fingerprint density at radius 3 is 2.38 bits per heavy atom. The van der Waals surface area contributed by atoms with Crippen molar-refractivity contribution in [2.75, 3.05) is 18.4 Å². The van der Waals surface area contributed by atoms with Crippen LogP contribution in [-0.4, -0.2) is 28.1 Å². The average molecular weight is 349 g/mol. The lowest BCUT2D eigenvalue weighted by molar-refractivity contribution is 0.0526. The molecule has 2 aromatic carbocycles. The molecule has 0 spiro atoms. The van der Waals surface area contributed by atoms with E-state index in [9.17, 15) is 13.2 Å². The zero-order chi connectivity index (χ0) is 17.7. The van der Waals surface area contributed by atoms with Gasteiger partial charge in [-0.2, -0.15) is 0 Å². The summed E-state index contributed by atoms with van der Waals surface area (Å²) in [7, 11) is -2.27. The highest BCUT2D eigenvalue weighted by atomic mass is 32.2. The van der Waals surface area contributed by atoms with Crippen LogP contribution in [0.25, 0.3) is 0 Å². The predicted molar refractivity (Wildman–Crippen MR) is 90.9 cm³/mol. The second-order valence-electron chi connectivity index (χ2n) is 5.03. The molecule has 0 radical (unpaired) electrons. The van der Waals surface area contributed by atoms with Crippen molar-refractivity contribution in [3.63, 3.8) is 0 Å². The number of anilines is 1. The fraction of sp³-hybridized carbons (Fsp3) is 0.235. The number of esters is 1. The summed E-state index contributed by atoms with van der Waals surface area (Å²) >= 11 is 0. The largest absolute Gasteiger partial charge is 0.497 e. The van der Waals surface area contributed by atoms with E-state index in [-0.39, 0.29) is 17.1 Å². The van der Waals surface area contributed by atoms with E-state index in [1.54, 1.807) is 38.1 Å². The van der Waals surface area contributed by atoms with Crippen molar-refractivity contribution in [3.8, 4) is 5.75 Å². The molecule has 6 nitrogen and oxygen atoms in total. The Balaban J connectivity index is 2.31.